The van der Waals surface area contributed by atoms with E-state index < -0.39 is 18.3 Å². The maximum Gasteiger partial charge on any atom is 0.407 e. The molecule has 0 saturated heterocycles. The summed E-state index contributed by atoms with van der Waals surface area (Å²) in [6.45, 7) is -0.149. The molecule has 2 rings (SSSR count). The monoisotopic (exact) mass is 403 g/mol. The highest BCUT2D eigenvalue weighted by Crippen LogP contribution is 2.34. The van der Waals surface area contributed by atoms with Gasteiger partial charge in [-0.05, 0) is 17.7 Å². The number of aliphatic hydroxyl groups is 2. The topological polar surface area (TPSA) is 78.8 Å². The minimum Gasteiger partial charge on any atom is -0.445 e. The number of carbonyl (C=O) groups is 1. The van der Waals surface area contributed by atoms with Crippen molar-refractivity contribution in [2.24, 2.45) is 0 Å². The molecule has 2 aromatic rings. The Morgan fingerprint density at radius 3 is 2.28 bits per heavy atom. The first-order valence-electron chi connectivity index (χ1n) is 7.33. The number of hydrogen-bond donors (Lipinski definition) is 3. The van der Waals surface area contributed by atoms with Crippen LogP contribution in [0.4, 0.5) is 4.79 Å². The molecule has 0 aliphatic heterocycles. The molecule has 0 aliphatic rings. The van der Waals surface area contributed by atoms with Crippen LogP contribution in [0.3, 0.4) is 0 Å². The van der Waals surface area contributed by atoms with E-state index in [9.17, 15) is 15.0 Å². The van der Waals surface area contributed by atoms with Gasteiger partial charge in [0.2, 0.25) is 0 Å². The molecule has 0 spiro atoms. The molecule has 8 heteroatoms. The molecular formula is C17H16Cl3NO4. The lowest BCUT2D eigenvalue weighted by Crippen LogP contribution is -2.36. The van der Waals surface area contributed by atoms with E-state index in [0.717, 1.165) is 5.56 Å². The van der Waals surface area contributed by atoms with E-state index in [1.165, 1.54) is 12.1 Å². The number of nitrogens with one attached hydrogen (secondary N) is 1. The zero-order chi connectivity index (χ0) is 18.4. The number of alkyl carbamates (subject to hydrolysis) is 1. The van der Waals surface area contributed by atoms with Gasteiger partial charge >= 0.3 is 6.09 Å². The van der Waals surface area contributed by atoms with Gasteiger partial charge in [-0.1, -0.05) is 65.1 Å². The van der Waals surface area contributed by atoms with E-state index in [0.29, 0.717) is 5.02 Å². The summed E-state index contributed by atoms with van der Waals surface area (Å²) < 4.78 is 5.01. The number of hydrogen-bond acceptors (Lipinski definition) is 4. The van der Waals surface area contributed by atoms with Crippen LogP contribution >= 0.6 is 34.8 Å². The third-order valence-corrected chi connectivity index (χ3v) is 4.22. The Morgan fingerprint density at radius 1 is 1.08 bits per heavy atom. The van der Waals surface area contributed by atoms with Gasteiger partial charge in [0.25, 0.3) is 0 Å². The van der Waals surface area contributed by atoms with Gasteiger partial charge in [-0.15, -0.1) is 0 Å². The Balaban J connectivity index is 1.87. The van der Waals surface area contributed by atoms with Crippen LogP contribution < -0.4 is 5.32 Å². The number of carbonyl (C=O) groups excluding carboxylic acids is 1. The maximum atomic E-state index is 11.7. The standard InChI is InChI=1S/C17H16Cl3NO4/c18-11-6-12(19)15(13(20)7-11)16(23)14(22)8-21-17(24)25-9-10-4-2-1-3-5-10/h1-7,14,16,22-23H,8-9H2,(H,21,24). The van der Waals surface area contributed by atoms with Crippen molar-refractivity contribution in [3.05, 3.63) is 68.7 Å². The fraction of sp³-hybridized carbons (Fsp3) is 0.235. The Kier molecular flexibility index (Phi) is 7.35. The normalized spacial score (nSPS) is 13.2. The first-order chi connectivity index (χ1) is 11.9. The fourth-order valence-electron chi connectivity index (χ4n) is 2.10. The smallest absolute Gasteiger partial charge is 0.407 e. The van der Waals surface area contributed by atoms with Crippen molar-refractivity contribution in [2.45, 2.75) is 18.8 Å². The largest absolute Gasteiger partial charge is 0.445 e. The number of aliphatic hydroxyl groups excluding tert-OH is 2. The van der Waals surface area contributed by atoms with E-state index in [1.807, 2.05) is 30.3 Å². The molecule has 2 atom stereocenters. The summed E-state index contributed by atoms with van der Waals surface area (Å²) in [4.78, 5) is 11.7. The van der Waals surface area contributed by atoms with Crippen molar-refractivity contribution in [3.8, 4) is 0 Å². The lowest BCUT2D eigenvalue weighted by Gasteiger charge is -2.20. The molecule has 0 radical (unpaired) electrons. The van der Waals surface area contributed by atoms with E-state index in [1.54, 1.807) is 0 Å². The third-order valence-electron chi connectivity index (χ3n) is 3.37. The minimum atomic E-state index is -1.40. The molecule has 1 amide bonds. The summed E-state index contributed by atoms with van der Waals surface area (Å²) in [6, 6.07) is 12.0. The van der Waals surface area contributed by atoms with Gasteiger partial charge in [0.15, 0.2) is 0 Å². The highest BCUT2D eigenvalue weighted by molar-refractivity contribution is 6.39. The van der Waals surface area contributed by atoms with Crippen molar-refractivity contribution < 1.29 is 19.7 Å². The predicted molar refractivity (Wildman–Crippen MR) is 97.1 cm³/mol. The van der Waals surface area contributed by atoms with E-state index in [-0.39, 0.29) is 28.8 Å². The number of ether oxygens (including phenoxy) is 1. The second-order valence-corrected chi connectivity index (χ2v) is 6.49. The van der Waals surface area contributed by atoms with Crippen LogP contribution in [0.15, 0.2) is 42.5 Å². The zero-order valence-electron chi connectivity index (χ0n) is 13.0. The molecule has 0 bridgehead atoms. The van der Waals surface area contributed by atoms with Gasteiger partial charge in [-0.25, -0.2) is 4.79 Å². The second kappa shape index (κ2) is 9.27. The fourth-order valence-corrected chi connectivity index (χ4v) is 3.14. The van der Waals surface area contributed by atoms with Crippen molar-refractivity contribution >= 4 is 40.9 Å². The van der Waals surface area contributed by atoms with Gasteiger partial charge < -0.3 is 20.3 Å². The van der Waals surface area contributed by atoms with Crippen LogP contribution in [0.25, 0.3) is 0 Å². The first kappa shape index (κ1) is 19.8. The maximum absolute atomic E-state index is 11.7. The Bertz CT molecular complexity index is 704. The molecule has 2 unspecified atom stereocenters. The van der Waals surface area contributed by atoms with Crippen LogP contribution in [-0.4, -0.2) is 29.0 Å². The number of halogens is 3. The lowest BCUT2D eigenvalue weighted by atomic mass is 10.0. The number of benzene rings is 2. The van der Waals surface area contributed by atoms with E-state index >= 15 is 0 Å². The molecular weight excluding hydrogens is 389 g/mol. The highest BCUT2D eigenvalue weighted by atomic mass is 35.5. The van der Waals surface area contributed by atoms with Crippen LogP contribution in [0, 0.1) is 0 Å². The summed E-state index contributed by atoms with van der Waals surface area (Å²) in [5.74, 6) is 0. The van der Waals surface area contributed by atoms with Gasteiger partial charge in [0.1, 0.15) is 18.8 Å². The number of amides is 1. The Morgan fingerprint density at radius 2 is 1.68 bits per heavy atom. The van der Waals surface area contributed by atoms with Gasteiger partial charge in [0.05, 0.1) is 0 Å². The molecule has 2 aromatic carbocycles. The van der Waals surface area contributed by atoms with Crippen LogP contribution in [0.2, 0.25) is 15.1 Å². The van der Waals surface area contributed by atoms with E-state index in [2.05, 4.69) is 5.32 Å². The second-order valence-electron chi connectivity index (χ2n) is 5.24. The average Bonchev–Trinajstić information content (AvgIpc) is 2.57. The van der Waals surface area contributed by atoms with Crippen molar-refractivity contribution in [1.82, 2.24) is 5.32 Å². The van der Waals surface area contributed by atoms with Gasteiger partial charge in [0, 0.05) is 27.2 Å². The molecule has 25 heavy (non-hydrogen) atoms. The van der Waals surface area contributed by atoms with Crippen LogP contribution in [0.1, 0.15) is 17.2 Å². The van der Waals surface area contributed by atoms with Crippen LogP contribution in [-0.2, 0) is 11.3 Å². The summed E-state index contributed by atoms with van der Waals surface area (Å²) in [5.41, 5.74) is 0.970. The molecule has 0 aromatic heterocycles. The Hall–Kier alpha value is -1.50. The van der Waals surface area contributed by atoms with Gasteiger partial charge in [-0.2, -0.15) is 0 Å². The SMILES string of the molecule is O=C(NCC(O)C(O)c1c(Cl)cc(Cl)cc1Cl)OCc1ccccc1. The Labute approximate surface area is 160 Å². The van der Waals surface area contributed by atoms with Gasteiger partial charge in [-0.3, -0.25) is 0 Å². The average molecular weight is 405 g/mol. The summed E-state index contributed by atoms with van der Waals surface area (Å²) in [6.07, 6.45) is -3.45. The molecule has 0 fully saturated rings. The molecule has 0 heterocycles. The molecule has 134 valence electrons. The molecule has 0 aliphatic carbocycles. The van der Waals surface area contributed by atoms with Crippen LogP contribution in [0.5, 0.6) is 0 Å². The molecule has 3 N–H and O–H groups in total. The summed E-state index contributed by atoms with van der Waals surface area (Å²) >= 11 is 17.8. The highest BCUT2D eigenvalue weighted by Gasteiger charge is 2.24. The van der Waals surface area contributed by atoms with Crippen molar-refractivity contribution in [2.75, 3.05) is 6.54 Å². The van der Waals surface area contributed by atoms with E-state index in [4.69, 9.17) is 39.5 Å². The zero-order valence-corrected chi connectivity index (χ0v) is 15.2. The molecule has 0 saturated carbocycles. The minimum absolute atomic E-state index is 0.0974. The number of rotatable bonds is 6. The quantitative estimate of drug-likeness (QED) is 0.681. The molecule has 5 nitrogen and oxygen atoms in total. The predicted octanol–water partition coefficient (Wildman–Crippen LogP) is 3.97. The lowest BCUT2D eigenvalue weighted by molar-refractivity contribution is 0.0185. The summed E-state index contributed by atoms with van der Waals surface area (Å²) in [7, 11) is 0. The summed E-state index contributed by atoms with van der Waals surface area (Å²) in [5, 5.41) is 23.2. The first-order valence-corrected chi connectivity index (χ1v) is 8.47. The third kappa shape index (κ3) is 5.76. The van der Waals surface area contributed by atoms with Crippen molar-refractivity contribution in [3.63, 3.8) is 0 Å². The van der Waals surface area contributed by atoms with Crippen molar-refractivity contribution in [1.29, 1.82) is 0 Å².